The monoisotopic (exact) mass is 961 g/mol. The second-order valence-electron chi connectivity index (χ2n) is 23.9. The Morgan fingerprint density at radius 3 is 0.794 bits per heavy atom. The highest BCUT2D eigenvalue weighted by Crippen LogP contribution is 2.28. The molecule has 4 saturated heterocycles. The SMILES string of the molecule is CN1CCN(C2CCC(NC(=O)OC(C)(C)C)C2)CC1.CN1CCN([C@H]2CC[C@@H](NC(=O)OC(C)(C)C)C2)CC1.CNC1CCC(N2CCN(C)CC2)C1.CN[C@@H]1CC[C@H](N2CCN(C)CC2)C1. The maximum absolute atomic E-state index is 11.8. The molecule has 0 radical (unpaired) electrons. The average Bonchev–Trinajstić information content (AvgIpc) is 4.13. The van der Waals surface area contributed by atoms with Crippen LogP contribution in [0.2, 0.25) is 0 Å². The van der Waals surface area contributed by atoms with Crippen molar-refractivity contribution in [3.63, 3.8) is 0 Å². The Hall–Kier alpha value is -1.86. The summed E-state index contributed by atoms with van der Waals surface area (Å²) in [6.45, 7) is 30.7. The van der Waals surface area contributed by atoms with E-state index < -0.39 is 11.2 Å². The van der Waals surface area contributed by atoms with E-state index in [9.17, 15) is 9.59 Å². The molecule has 4 heterocycles. The molecule has 16 nitrogen and oxygen atoms in total. The van der Waals surface area contributed by atoms with Gasteiger partial charge in [0.05, 0.1) is 0 Å². The second kappa shape index (κ2) is 27.8. The van der Waals surface area contributed by atoms with Gasteiger partial charge in [-0.25, -0.2) is 9.59 Å². The Morgan fingerprint density at radius 2 is 0.588 bits per heavy atom. The maximum Gasteiger partial charge on any atom is 0.407 e. The van der Waals surface area contributed by atoms with E-state index in [-0.39, 0.29) is 24.3 Å². The lowest BCUT2D eigenvalue weighted by Gasteiger charge is -2.36. The number of carbonyl (C=O) groups is 2. The van der Waals surface area contributed by atoms with Gasteiger partial charge in [0, 0.05) is 153 Å². The van der Waals surface area contributed by atoms with Crippen LogP contribution in [0, 0.1) is 0 Å². The zero-order chi connectivity index (χ0) is 49.4. The van der Waals surface area contributed by atoms with Crippen LogP contribution in [-0.4, -0.2) is 258 Å². The van der Waals surface area contributed by atoms with Gasteiger partial charge in [-0.1, -0.05) is 0 Å². The molecule has 396 valence electrons. The Labute approximate surface area is 415 Å². The van der Waals surface area contributed by atoms with Gasteiger partial charge < -0.3 is 50.3 Å². The first kappa shape index (κ1) is 57.0. The van der Waals surface area contributed by atoms with Crippen molar-refractivity contribution in [2.45, 2.75) is 178 Å². The van der Waals surface area contributed by atoms with Crippen LogP contribution in [-0.2, 0) is 9.47 Å². The van der Waals surface area contributed by atoms with E-state index in [1.165, 1.54) is 104 Å². The molecule has 2 amide bonds. The predicted molar refractivity (Wildman–Crippen MR) is 279 cm³/mol. The third-order valence-corrected chi connectivity index (χ3v) is 16.1. The Bertz CT molecular complexity index is 1330. The molecule has 4 aliphatic heterocycles. The molecule has 8 atom stereocenters. The number of carbonyl (C=O) groups excluding carboxylic acids is 2. The minimum absolute atomic E-state index is 0.273. The van der Waals surface area contributed by atoms with Crippen LogP contribution >= 0.6 is 0 Å². The maximum atomic E-state index is 11.8. The van der Waals surface area contributed by atoms with E-state index in [0.717, 1.165) is 102 Å². The number of hydrogen-bond donors (Lipinski definition) is 4. The van der Waals surface area contributed by atoms with Crippen molar-refractivity contribution in [2.24, 2.45) is 0 Å². The van der Waals surface area contributed by atoms with Gasteiger partial charge in [-0.05, 0) is 161 Å². The summed E-state index contributed by atoms with van der Waals surface area (Å²) in [7, 11) is 13.0. The smallest absolute Gasteiger partial charge is 0.407 e. The number of nitrogens with one attached hydrogen (secondary N) is 4. The molecule has 8 rings (SSSR count). The fourth-order valence-electron chi connectivity index (χ4n) is 11.6. The largest absolute Gasteiger partial charge is 0.444 e. The highest BCUT2D eigenvalue weighted by atomic mass is 16.6. The summed E-state index contributed by atoms with van der Waals surface area (Å²) in [5.74, 6) is 0. The summed E-state index contributed by atoms with van der Waals surface area (Å²) < 4.78 is 10.6. The third-order valence-electron chi connectivity index (χ3n) is 16.1. The molecule has 4 unspecified atom stereocenters. The van der Waals surface area contributed by atoms with Crippen LogP contribution < -0.4 is 21.3 Å². The Balaban J connectivity index is 0.000000172. The molecule has 68 heavy (non-hydrogen) atoms. The van der Waals surface area contributed by atoms with Crippen molar-refractivity contribution in [3.8, 4) is 0 Å². The number of likely N-dealkylation sites (N-methyl/N-ethyl adjacent to an activating group) is 4. The first-order valence-electron chi connectivity index (χ1n) is 27.3. The van der Waals surface area contributed by atoms with Crippen LogP contribution in [0.15, 0.2) is 0 Å². The van der Waals surface area contributed by atoms with Crippen molar-refractivity contribution < 1.29 is 19.1 Å². The van der Waals surface area contributed by atoms with Gasteiger partial charge in [-0.15, -0.1) is 0 Å². The standard InChI is InChI=1S/2C15H29N3O2.2C11H23N3/c2*1-15(2,3)20-14(19)16-12-5-6-13(11-12)18-9-7-17(4)8-10-18;2*1-12-10-3-4-11(9-10)14-7-5-13(2)6-8-14/h2*12-13H,5-11H2,1-4H3,(H,16,19);2*10-12H,3-9H2,1-2H3/t12-,13+;;10-,11+;/m1.1./s1. The molecule has 4 saturated carbocycles. The van der Waals surface area contributed by atoms with E-state index in [2.05, 4.69) is 103 Å². The van der Waals surface area contributed by atoms with Crippen LogP contribution in [0.3, 0.4) is 0 Å². The van der Waals surface area contributed by atoms with Crippen LogP contribution in [0.4, 0.5) is 9.59 Å². The second-order valence-corrected chi connectivity index (χ2v) is 23.9. The van der Waals surface area contributed by atoms with E-state index >= 15 is 0 Å². The summed E-state index contributed by atoms with van der Waals surface area (Å²) in [5, 5.41) is 12.8. The number of nitrogens with zero attached hydrogens (tertiary/aromatic N) is 8. The number of rotatable bonds is 8. The van der Waals surface area contributed by atoms with Gasteiger partial charge in [0.15, 0.2) is 0 Å². The number of ether oxygens (including phenoxy) is 2. The summed E-state index contributed by atoms with van der Waals surface area (Å²) in [6.07, 6.45) is 14.3. The minimum Gasteiger partial charge on any atom is -0.444 e. The molecule has 4 aliphatic carbocycles. The Morgan fingerprint density at radius 1 is 0.368 bits per heavy atom. The highest BCUT2D eigenvalue weighted by Gasteiger charge is 2.35. The van der Waals surface area contributed by atoms with Gasteiger partial charge in [-0.3, -0.25) is 19.6 Å². The first-order valence-corrected chi connectivity index (χ1v) is 27.3. The van der Waals surface area contributed by atoms with Crippen molar-refractivity contribution in [1.29, 1.82) is 0 Å². The zero-order valence-electron chi connectivity index (χ0n) is 45.6. The number of piperazine rings is 4. The summed E-state index contributed by atoms with van der Waals surface area (Å²) in [6, 6.07) is 5.08. The van der Waals surface area contributed by atoms with Crippen LogP contribution in [0.5, 0.6) is 0 Å². The lowest BCUT2D eigenvalue weighted by atomic mass is 10.1. The molecule has 0 spiro atoms. The number of hydrogen-bond acceptors (Lipinski definition) is 14. The van der Waals surface area contributed by atoms with Gasteiger partial charge in [0.1, 0.15) is 11.2 Å². The molecule has 4 N–H and O–H groups in total. The molecular weight excluding hydrogens is 857 g/mol. The molecule has 8 aliphatic rings. The molecule has 16 heteroatoms. The minimum atomic E-state index is -0.417. The summed E-state index contributed by atoms with van der Waals surface area (Å²) in [4.78, 5) is 43.7. The fourth-order valence-corrected chi connectivity index (χ4v) is 11.6. The summed E-state index contributed by atoms with van der Waals surface area (Å²) in [5.41, 5.74) is -0.834. The lowest BCUT2D eigenvalue weighted by Crippen LogP contribution is -2.48. The molecule has 0 bridgehead atoms. The topological polar surface area (TPSA) is 127 Å². The lowest BCUT2D eigenvalue weighted by molar-refractivity contribution is 0.0489. The molecule has 8 fully saturated rings. The van der Waals surface area contributed by atoms with E-state index in [4.69, 9.17) is 9.47 Å². The Kier molecular flexibility index (Phi) is 23.3. The highest BCUT2D eigenvalue weighted by molar-refractivity contribution is 5.68. The van der Waals surface area contributed by atoms with Crippen molar-refractivity contribution >= 4 is 12.2 Å². The van der Waals surface area contributed by atoms with Crippen LogP contribution in [0.25, 0.3) is 0 Å². The molecule has 0 aromatic heterocycles. The quantitative estimate of drug-likeness (QED) is 0.279. The van der Waals surface area contributed by atoms with Gasteiger partial charge in [0.25, 0.3) is 0 Å². The van der Waals surface area contributed by atoms with Gasteiger partial charge in [0.2, 0.25) is 0 Å². The van der Waals surface area contributed by atoms with Crippen molar-refractivity contribution in [1.82, 2.24) is 60.5 Å². The molecule has 0 aromatic carbocycles. The molecule has 0 aromatic rings. The van der Waals surface area contributed by atoms with Crippen LogP contribution in [0.1, 0.15) is 119 Å². The normalized spacial score (nSPS) is 32.3. The van der Waals surface area contributed by atoms with Crippen molar-refractivity contribution in [3.05, 3.63) is 0 Å². The number of amides is 2. The zero-order valence-corrected chi connectivity index (χ0v) is 45.6. The first-order chi connectivity index (χ1) is 32.2. The van der Waals surface area contributed by atoms with E-state index in [0.29, 0.717) is 12.1 Å². The van der Waals surface area contributed by atoms with E-state index in [1.807, 2.05) is 41.5 Å². The molecular formula is C52H104N12O4. The predicted octanol–water partition coefficient (Wildman–Crippen LogP) is 4.11. The third kappa shape index (κ3) is 20.3. The fraction of sp³-hybridized carbons (Fsp3) is 0.962. The van der Waals surface area contributed by atoms with Crippen molar-refractivity contribution in [2.75, 3.05) is 147 Å². The van der Waals surface area contributed by atoms with Gasteiger partial charge in [-0.2, -0.15) is 0 Å². The summed E-state index contributed by atoms with van der Waals surface area (Å²) >= 11 is 0. The average molecular weight is 961 g/mol. The van der Waals surface area contributed by atoms with Gasteiger partial charge >= 0.3 is 12.2 Å². The number of alkyl carbamates (subject to hydrolysis) is 2. The van der Waals surface area contributed by atoms with E-state index in [1.54, 1.807) is 0 Å².